The van der Waals surface area contributed by atoms with Crippen LogP contribution in [-0.4, -0.2) is 32.4 Å². The SMILES string of the molecule is CC(C)(C)Nc1ncnc2ccc(-c3ccc(F)c(CN(C(=O)c4c(F)c(F)c(F)c(F)c4F)C4CC4)c3)cc12. The van der Waals surface area contributed by atoms with Crippen molar-refractivity contribution in [2.75, 3.05) is 5.32 Å². The highest BCUT2D eigenvalue weighted by molar-refractivity contribution is 5.95. The molecule has 1 aliphatic rings. The third-order valence-electron chi connectivity index (χ3n) is 6.52. The Labute approximate surface area is 225 Å². The van der Waals surface area contributed by atoms with Crippen molar-refractivity contribution in [3.8, 4) is 11.1 Å². The first-order valence-corrected chi connectivity index (χ1v) is 12.5. The molecule has 1 aliphatic carbocycles. The molecule has 0 aliphatic heterocycles. The Hall–Kier alpha value is -4.15. The Morgan fingerprint density at radius 1 is 0.875 bits per heavy atom. The second kappa shape index (κ2) is 10.1. The lowest BCUT2D eigenvalue weighted by molar-refractivity contribution is 0.0714. The summed E-state index contributed by atoms with van der Waals surface area (Å²) in [4.78, 5) is 22.7. The van der Waals surface area contributed by atoms with Gasteiger partial charge in [0.2, 0.25) is 5.82 Å². The van der Waals surface area contributed by atoms with Crippen LogP contribution in [-0.2, 0) is 6.54 Å². The van der Waals surface area contributed by atoms with E-state index in [-0.39, 0.29) is 11.1 Å². The van der Waals surface area contributed by atoms with Gasteiger partial charge in [-0.3, -0.25) is 4.79 Å². The minimum atomic E-state index is -2.36. The van der Waals surface area contributed by atoms with Gasteiger partial charge in [0.15, 0.2) is 23.3 Å². The fraction of sp³-hybridized carbons (Fsp3) is 0.276. The number of hydrogen-bond acceptors (Lipinski definition) is 4. The van der Waals surface area contributed by atoms with E-state index in [2.05, 4.69) is 15.3 Å². The molecular weight excluding hydrogens is 534 g/mol. The fourth-order valence-electron chi connectivity index (χ4n) is 4.44. The predicted octanol–water partition coefficient (Wildman–Crippen LogP) is 7.15. The lowest BCUT2D eigenvalue weighted by Crippen LogP contribution is -2.35. The van der Waals surface area contributed by atoms with E-state index in [4.69, 9.17) is 0 Å². The van der Waals surface area contributed by atoms with Crippen molar-refractivity contribution >= 4 is 22.6 Å². The molecule has 1 heterocycles. The van der Waals surface area contributed by atoms with Crippen molar-refractivity contribution in [1.82, 2.24) is 14.9 Å². The second-order valence-electron chi connectivity index (χ2n) is 10.7. The molecule has 0 spiro atoms. The number of carbonyl (C=O) groups excluding carboxylic acids is 1. The van der Waals surface area contributed by atoms with Crippen molar-refractivity contribution in [2.45, 2.75) is 51.7 Å². The number of benzene rings is 3. The smallest absolute Gasteiger partial charge is 0.260 e. The molecule has 0 radical (unpaired) electrons. The molecule has 0 saturated heterocycles. The van der Waals surface area contributed by atoms with E-state index in [1.807, 2.05) is 26.8 Å². The van der Waals surface area contributed by atoms with Gasteiger partial charge < -0.3 is 10.2 Å². The number of halogens is 6. The van der Waals surface area contributed by atoms with Crippen molar-refractivity contribution in [3.63, 3.8) is 0 Å². The van der Waals surface area contributed by atoms with Crippen molar-refractivity contribution in [3.05, 3.63) is 88.8 Å². The number of amides is 1. The molecule has 5 nitrogen and oxygen atoms in total. The largest absolute Gasteiger partial charge is 0.365 e. The van der Waals surface area contributed by atoms with Crippen LogP contribution >= 0.6 is 0 Å². The molecule has 1 fully saturated rings. The average Bonchev–Trinajstić information content (AvgIpc) is 3.75. The van der Waals surface area contributed by atoms with E-state index in [0.717, 1.165) is 10.3 Å². The maximum Gasteiger partial charge on any atom is 0.260 e. The number of nitrogens with one attached hydrogen (secondary N) is 1. The van der Waals surface area contributed by atoms with E-state index < -0.39 is 59.0 Å². The molecule has 1 saturated carbocycles. The third kappa shape index (κ3) is 5.20. The zero-order valence-electron chi connectivity index (χ0n) is 21.8. The zero-order chi connectivity index (χ0) is 28.9. The molecule has 4 aromatic rings. The maximum atomic E-state index is 15.0. The standard InChI is InChI=1S/C29H24F6N4O/c1-29(2,3)38-27-18-11-15(5-9-20(18)36-13-37-27)14-4-8-19(30)16(10-14)12-39(17-6-7-17)28(40)21-22(31)24(33)26(35)25(34)23(21)32/h4-5,8-11,13,17H,6-7,12H2,1-3H3,(H,36,37,38). The molecule has 0 atom stereocenters. The number of fused-ring (bicyclic) bond motifs is 1. The monoisotopic (exact) mass is 558 g/mol. The van der Waals surface area contributed by atoms with Gasteiger partial charge in [-0.25, -0.2) is 36.3 Å². The minimum Gasteiger partial charge on any atom is -0.365 e. The predicted molar refractivity (Wildman–Crippen MR) is 137 cm³/mol. The summed E-state index contributed by atoms with van der Waals surface area (Å²) < 4.78 is 84.9. The Bertz CT molecular complexity index is 1620. The molecule has 1 amide bonds. The first kappa shape index (κ1) is 27.4. The summed E-state index contributed by atoms with van der Waals surface area (Å²) >= 11 is 0. The van der Waals surface area contributed by atoms with Crippen LogP contribution in [0.5, 0.6) is 0 Å². The molecule has 3 aromatic carbocycles. The van der Waals surface area contributed by atoms with Crippen LogP contribution in [0, 0.1) is 34.9 Å². The molecule has 1 N–H and O–H groups in total. The summed E-state index contributed by atoms with van der Waals surface area (Å²) in [5.41, 5.74) is 0.107. The summed E-state index contributed by atoms with van der Waals surface area (Å²) in [5, 5.41) is 4.05. The van der Waals surface area contributed by atoms with Gasteiger partial charge >= 0.3 is 0 Å². The van der Waals surface area contributed by atoms with E-state index in [1.165, 1.54) is 24.5 Å². The summed E-state index contributed by atoms with van der Waals surface area (Å²) in [6, 6.07) is 9.08. The lowest BCUT2D eigenvalue weighted by Gasteiger charge is -2.24. The summed E-state index contributed by atoms with van der Waals surface area (Å²) in [7, 11) is 0. The van der Waals surface area contributed by atoms with Crippen LogP contribution in [0.3, 0.4) is 0 Å². The highest BCUT2D eigenvalue weighted by Gasteiger charge is 2.38. The van der Waals surface area contributed by atoms with Crippen molar-refractivity contribution < 1.29 is 31.1 Å². The van der Waals surface area contributed by atoms with E-state index >= 15 is 0 Å². The minimum absolute atomic E-state index is 0.0130. The van der Waals surface area contributed by atoms with Gasteiger partial charge in [0.05, 0.1) is 5.52 Å². The highest BCUT2D eigenvalue weighted by Crippen LogP contribution is 2.34. The zero-order valence-corrected chi connectivity index (χ0v) is 21.8. The third-order valence-corrected chi connectivity index (χ3v) is 6.52. The molecule has 40 heavy (non-hydrogen) atoms. The summed E-state index contributed by atoms with van der Waals surface area (Å²) in [6.45, 7) is 5.51. The molecule has 5 rings (SSSR count). The number of nitrogens with zero attached hydrogens (tertiary/aromatic N) is 3. The topological polar surface area (TPSA) is 58.1 Å². The van der Waals surface area contributed by atoms with Crippen LogP contribution < -0.4 is 5.32 Å². The lowest BCUT2D eigenvalue weighted by atomic mass is 10.00. The number of carbonyl (C=O) groups is 1. The molecular formula is C29H24F6N4O. The van der Waals surface area contributed by atoms with Crippen LogP contribution in [0.2, 0.25) is 0 Å². The Balaban J connectivity index is 1.51. The summed E-state index contributed by atoms with van der Waals surface area (Å²) in [5.74, 6) is -12.7. The van der Waals surface area contributed by atoms with Crippen molar-refractivity contribution in [2.24, 2.45) is 0 Å². The van der Waals surface area contributed by atoms with E-state index in [9.17, 15) is 31.1 Å². The normalized spacial score (nSPS) is 13.5. The molecule has 0 bridgehead atoms. The van der Waals surface area contributed by atoms with Gasteiger partial charge in [0, 0.05) is 29.1 Å². The number of rotatable bonds is 6. The molecule has 11 heteroatoms. The number of aromatic nitrogens is 2. The average molecular weight is 559 g/mol. The highest BCUT2D eigenvalue weighted by atomic mass is 19.2. The summed E-state index contributed by atoms with van der Waals surface area (Å²) in [6.07, 6.45) is 2.33. The molecule has 0 unspecified atom stereocenters. The number of anilines is 1. The molecule has 1 aromatic heterocycles. The Kier molecular flexibility index (Phi) is 6.93. The van der Waals surface area contributed by atoms with Gasteiger partial charge in [-0.2, -0.15) is 0 Å². The van der Waals surface area contributed by atoms with Gasteiger partial charge in [0.25, 0.3) is 5.91 Å². The van der Waals surface area contributed by atoms with Gasteiger partial charge in [-0.15, -0.1) is 0 Å². The second-order valence-corrected chi connectivity index (χ2v) is 10.7. The fourth-order valence-corrected chi connectivity index (χ4v) is 4.44. The first-order valence-electron chi connectivity index (χ1n) is 12.5. The molecule has 208 valence electrons. The van der Waals surface area contributed by atoms with Gasteiger partial charge in [-0.1, -0.05) is 12.1 Å². The number of hydrogen-bond donors (Lipinski definition) is 1. The van der Waals surface area contributed by atoms with Crippen LogP contribution in [0.1, 0.15) is 49.5 Å². The Morgan fingerprint density at radius 3 is 2.10 bits per heavy atom. The van der Waals surface area contributed by atoms with Crippen LogP contribution in [0.15, 0.2) is 42.7 Å². The maximum absolute atomic E-state index is 15.0. The van der Waals surface area contributed by atoms with Gasteiger partial charge in [0.1, 0.15) is 23.5 Å². The van der Waals surface area contributed by atoms with E-state index in [0.29, 0.717) is 35.3 Å². The Morgan fingerprint density at radius 2 is 1.48 bits per heavy atom. The van der Waals surface area contributed by atoms with E-state index in [1.54, 1.807) is 12.1 Å². The quantitative estimate of drug-likeness (QED) is 0.155. The van der Waals surface area contributed by atoms with Gasteiger partial charge in [-0.05, 0) is 69.0 Å². The van der Waals surface area contributed by atoms with Crippen LogP contribution in [0.25, 0.3) is 22.0 Å². The van der Waals surface area contributed by atoms with Crippen molar-refractivity contribution in [1.29, 1.82) is 0 Å². The first-order chi connectivity index (χ1) is 18.9. The van der Waals surface area contributed by atoms with Crippen LogP contribution in [0.4, 0.5) is 32.2 Å².